The van der Waals surface area contributed by atoms with Gasteiger partial charge in [-0.05, 0) is 36.5 Å². The van der Waals surface area contributed by atoms with Crippen LogP contribution in [0, 0.1) is 0 Å². The summed E-state index contributed by atoms with van der Waals surface area (Å²) in [6.07, 6.45) is -3.71. The molecule has 36 heavy (non-hydrogen) atoms. The van der Waals surface area contributed by atoms with Crippen molar-refractivity contribution in [3.63, 3.8) is 0 Å². The molecule has 1 N–H and O–H groups in total. The second-order valence-corrected chi connectivity index (χ2v) is 9.32. The Morgan fingerprint density at radius 2 is 2.06 bits per heavy atom. The van der Waals surface area contributed by atoms with Gasteiger partial charge in [0.1, 0.15) is 18.5 Å². The van der Waals surface area contributed by atoms with Gasteiger partial charge in [-0.3, -0.25) is 14.4 Å². The van der Waals surface area contributed by atoms with Gasteiger partial charge in [0.15, 0.2) is 5.69 Å². The average molecular weight is 516 g/mol. The van der Waals surface area contributed by atoms with E-state index in [1.165, 1.54) is 0 Å². The van der Waals surface area contributed by atoms with Crippen LogP contribution in [0.1, 0.15) is 28.0 Å². The third-order valence-corrected chi connectivity index (χ3v) is 6.34. The van der Waals surface area contributed by atoms with Crippen LogP contribution in [0.3, 0.4) is 0 Å². The lowest BCUT2D eigenvalue weighted by atomic mass is 9.99. The van der Waals surface area contributed by atoms with Crippen molar-refractivity contribution in [3.05, 3.63) is 41.1 Å². The number of hydrogen-bond acceptors (Lipinski definition) is 6. The highest BCUT2D eigenvalue weighted by Gasteiger charge is 2.43. The van der Waals surface area contributed by atoms with E-state index < -0.39 is 24.8 Å². The number of carbonyl (C=O) groups is 1. The van der Waals surface area contributed by atoms with Crippen LogP contribution >= 0.6 is 0 Å². The topological polar surface area (TPSA) is 77.8 Å². The van der Waals surface area contributed by atoms with E-state index in [2.05, 4.69) is 15.2 Å². The van der Waals surface area contributed by atoms with Gasteiger partial charge in [0.05, 0.1) is 32.3 Å². The predicted octanol–water partition coefficient (Wildman–Crippen LogP) is 2.80. The molecule has 196 valence electrons. The molecule has 1 aromatic carbocycles. The van der Waals surface area contributed by atoms with Crippen LogP contribution in [-0.4, -0.2) is 77.9 Å². The minimum absolute atomic E-state index is 0.0928. The third-order valence-electron chi connectivity index (χ3n) is 6.34. The van der Waals surface area contributed by atoms with Gasteiger partial charge in [0, 0.05) is 12.6 Å². The maximum Gasteiger partial charge on any atom is 0.522 e. The average Bonchev–Trinajstić information content (AvgIpc) is 3.34. The second-order valence-electron chi connectivity index (χ2n) is 9.32. The molecule has 4 heterocycles. The first kappa shape index (κ1) is 24.8. The van der Waals surface area contributed by atoms with Gasteiger partial charge in [0.2, 0.25) is 5.88 Å². The summed E-state index contributed by atoms with van der Waals surface area (Å²) in [5.74, 6) is -1.91. The number of ether oxygens (including phenoxy) is 3. The molecule has 1 unspecified atom stereocenters. The second kappa shape index (κ2) is 9.51. The molecule has 1 saturated heterocycles. The highest BCUT2D eigenvalue weighted by atomic mass is 19.4. The molecule has 2 atom stereocenters. The Bertz CT molecular complexity index is 1090. The fraction of sp³-hybridized carbons (Fsp3) is 0.565. The van der Waals surface area contributed by atoms with Crippen molar-refractivity contribution in [3.8, 4) is 11.6 Å². The lowest BCUT2D eigenvalue weighted by Crippen LogP contribution is -2.56. The predicted molar refractivity (Wildman–Crippen MR) is 115 cm³/mol. The van der Waals surface area contributed by atoms with Crippen LogP contribution < -0.4 is 14.8 Å². The molecule has 0 bridgehead atoms. The van der Waals surface area contributed by atoms with E-state index in [0.717, 1.165) is 5.56 Å². The number of nitrogens with one attached hydrogen (secondary N) is 1. The summed E-state index contributed by atoms with van der Waals surface area (Å²) in [6, 6.07) is 6.36. The van der Waals surface area contributed by atoms with E-state index in [-0.39, 0.29) is 44.0 Å². The number of rotatable bonds is 8. The van der Waals surface area contributed by atoms with E-state index in [1.54, 1.807) is 33.8 Å². The number of aromatic nitrogens is 2. The zero-order chi connectivity index (χ0) is 25.5. The van der Waals surface area contributed by atoms with E-state index in [4.69, 9.17) is 9.47 Å². The fourth-order valence-corrected chi connectivity index (χ4v) is 4.62. The molecule has 0 saturated carbocycles. The Morgan fingerprint density at radius 1 is 1.25 bits per heavy atom. The summed E-state index contributed by atoms with van der Waals surface area (Å²) in [5.41, 5.74) is 1.65. The van der Waals surface area contributed by atoms with Crippen molar-refractivity contribution in [2.45, 2.75) is 50.2 Å². The largest absolute Gasteiger partial charge is 0.522 e. The molecular formula is C23H25F5N4O4. The molecule has 1 amide bonds. The Kier molecular flexibility index (Phi) is 6.54. The van der Waals surface area contributed by atoms with Crippen molar-refractivity contribution >= 4 is 5.91 Å². The SMILES string of the molecule is O=C(N[C@H]1COc2ccc(CCOC(F)(F)F)cc2C1)c1cc2n(n1)CC(CCN1CC(F)(F)C1)O2. The maximum atomic E-state index is 12.9. The zero-order valence-corrected chi connectivity index (χ0v) is 19.2. The number of fused-ring (bicyclic) bond motifs is 2. The fourth-order valence-electron chi connectivity index (χ4n) is 4.62. The van der Waals surface area contributed by atoms with Crippen molar-refractivity contribution in [2.75, 3.05) is 32.8 Å². The number of amides is 1. The molecule has 8 nitrogen and oxygen atoms in total. The first-order valence-electron chi connectivity index (χ1n) is 11.6. The number of halogens is 5. The number of hydrogen-bond donors (Lipinski definition) is 1. The van der Waals surface area contributed by atoms with Crippen molar-refractivity contribution in [1.29, 1.82) is 0 Å². The summed E-state index contributed by atoms with van der Waals surface area (Å²) >= 11 is 0. The van der Waals surface area contributed by atoms with Crippen LogP contribution in [0.2, 0.25) is 0 Å². The molecule has 1 aromatic heterocycles. The lowest BCUT2D eigenvalue weighted by Gasteiger charge is -2.38. The molecule has 1 fully saturated rings. The molecule has 3 aliphatic rings. The van der Waals surface area contributed by atoms with E-state index in [0.29, 0.717) is 43.1 Å². The molecule has 0 radical (unpaired) electrons. The first-order chi connectivity index (χ1) is 17.0. The molecule has 3 aliphatic heterocycles. The summed E-state index contributed by atoms with van der Waals surface area (Å²) in [6.45, 7) is 0.268. The van der Waals surface area contributed by atoms with Gasteiger partial charge >= 0.3 is 6.36 Å². The first-order valence-corrected chi connectivity index (χ1v) is 11.6. The van der Waals surface area contributed by atoms with Crippen molar-refractivity contribution in [1.82, 2.24) is 20.0 Å². The quantitative estimate of drug-likeness (QED) is 0.544. The Morgan fingerprint density at radius 3 is 2.78 bits per heavy atom. The third kappa shape index (κ3) is 5.89. The highest BCUT2D eigenvalue weighted by molar-refractivity contribution is 5.92. The van der Waals surface area contributed by atoms with E-state index >= 15 is 0 Å². The molecule has 0 spiro atoms. The van der Waals surface area contributed by atoms with Gasteiger partial charge in [0.25, 0.3) is 11.8 Å². The minimum atomic E-state index is -4.67. The zero-order valence-electron chi connectivity index (χ0n) is 19.2. The summed E-state index contributed by atoms with van der Waals surface area (Å²) in [7, 11) is 0. The number of likely N-dealkylation sites (tertiary alicyclic amines) is 1. The molecular weight excluding hydrogens is 491 g/mol. The van der Waals surface area contributed by atoms with Crippen LogP contribution in [-0.2, 0) is 24.1 Å². The van der Waals surface area contributed by atoms with Crippen molar-refractivity contribution < 1.29 is 41.0 Å². The van der Waals surface area contributed by atoms with Crippen LogP contribution in [0.15, 0.2) is 24.3 Å². The van der Waals surface area contributed by atoms with Gasteiger partial charge in [-0.1, -0.05) is 12.1 Å². The normalized spacial score (nSPS) is 22.7. The smallest absolute Gasteiger partial charge is 0.491 e. The van der Waals surface area contributed by atoms with Crippen molar-refractivity contribution in [2.24, 2.45) is 0 Å². The Balaban J connectivity index is 1.10. The summed E-state index contributed by atoms with van der Waals surface area (Å²) in [5, 5.41) is 7.18. The van der Waals surface area contributed by atoms with Gasteiger partial charge < -0.3 is 14.8 Å². The highest BCUT2D eigenvalue weighted by Crippen LogP contribution is 2.30. The summed E-state index contributed by atoms with van der Waals surface area (Å²) < 4.78 is 79.4. The Hall–Kier alpha value is -2.93. The van der Waals surface area contributed by atoms with Gasteiger partial charge in [-0.15, -0.1) is 13.2 Å². The molecule has 0 aliphatic carbocycles. The number of alkyl halides is 5. The van der Waals surface area contributed by atoms with E-state index in [1.807, 2.05) is 0 Å². The number of nitrogens with zero attached hydrogens (tertiary/aromatic N) is 3. The Labute approximate surface area is 203 Å². The van der Waals surface area contributed by atoms with Crippen LogP contribution in [0.5, 0.6) is 11.6 Å². The van der Waals surface area contributed by atoms with Gasteiger partial charge in [-0.2, -0.15) is 5.10 Å². The van der Waals surface area contributed by atoms with Crippen LogP contribution in [0.4, 0.5) is 22.0 Å². The monoisotopic (exact) mass is 516 g/mol. The molecule has 2 aromatic rings. The number of carbonyl (C=O) groups excluding carboxylic acids is 1. The van der Waals surface area contributed by atoms with Gasteiger partial charge in [-0.25, -0.2) is 13.5 Å². The maximum absolute atomic E-state index is 12.9. The standard InChI is InChI=1S/C23H25F5N4O4/c24-22(25)12-31(13-22)5-3-17-10-32-20(36-17)9-18(30-32)21(33)29-16-8-15-7-14(1-2-19(15)34-11-16)4-6-35-23(26,27)28/h1-2,7,9,16-17H,3-6,8,10-13H2,(H,29,33)/t16-,17?/m1/s1. The molecule has 13 heteroatoms. The van der Waals surface area contributed by atoms with E-state index in [9.17, 15) is 26.7 Å². The lowest BCUT2D eigenvalue weighted by molar-refractivity contribution is -0.324. The van der Waals surface area contributed by atoms with Crippen LogP contribution in [0.25, 0.3) is 0 Å². The summed E-state index contributed by atoms with van der Waals surface area (Å²) in [4.78, 5) is 14.4. The molecule has 5 rings (SSSR count). The number of benzene rings is 1. The minimum Gasteiger partial charge on any atom is -0.491 e.